The van der Waals surface area contributed by atoms with Crippen molar-refractivity contribution in [2.75, 3.05) is 31.1 Å². The second-order valence-electron chi connectivity index (χ2n) is 7.67. The molecule has 1 saturated heterocycles. The Morgan fingerprint density at radius 1 is 0.914 bits per heavy atom. The molecule has 1 amide bonds. The second-order valence-corrected chi connectivity index (χ2v) is 7.67. The van der Waals surface area contributed by atoms with E-state index in [9.17, 15) is 38.2 Å². The van der Waals surface area contributed by atoms with Gasteiger partial charge in [0.25, 0.3) is 17.3 Å². The molecule has 1 fully saturated rings. The Morgan fingerprint density at radius 2 is 1.54 bits per heavy atom. The van der Waals surface area contributed by atoms with Gasteiger partial charge in [0.15, 0.2) is 0 Å². The smallest absolute Gasteiger partial charge is 0.362 e. The van der Waals surface area contributed by atoms with Gasteiger partial charge in [-0.1, -0.05) is 0 Å². The highest BCUT2D eigenvalue weighted by Gasteiger charge is 2.34. The molecule has 1 aromatic heterocycles. The number of imidazole rings is 1. The summed E-state index contributed by atoms with van der Waals surface area (Å²) in [6.45, 7) is 0.502. The molecule has 0 spiro atoms. The Hall–Kier alpha value is -4.49. The fourth-order valence-electron chi connectivity index (χ4n) is 3.87. The number of alkyl halides is 3. The maximum atomic E-state index is 13.0. The third kappa shape index (κ3) is 4.76. The lowest BCUT2D eigenvalue weighted by molar-refractivity contribution is -0.384. The van der Waals surface area contributed by atoms with Crippen molar-refractivity contribution in [2.45, 2.75) is 6.18 Å². The number of carbonyl (C=O) groups excluding carboxylic acids is 1. The van der Waals surface area contributed by atoms with Crippen molar-refractivity contribution < 1.29 is 27.8 Å². The molecular weight excluding hydrogens is 473 g/mol. The van der Waals surface area contributed by atoms with Gasteiger partial charge in [-0.3, -0.25) is 25.0 Å². The summed E-state index contributed by atoms with van der Waals surface area (Å²) >= 11 is 0. The van der Waals surface area contributed by atoms with Crippen LogP contribution in [-0.2, 0) is 6.18 Å². The molecule has 11 nitrogen and oxygen atoms in total. The zero-order chi connectivity index (χ0) is 25.3. The van der Waals surface area contributed by atoms with Crippen LogP contribution in [0.1, 0.15) is 15.9 Å². The summed E-state index contributed by atoms with van der Waals surface area (Å²) in [5, 5.41) is 22.9. The van der Waals surface area contributed by atoms with E-state index in [1.165, 1.54) is 51.3 Å². The minimum Gasteiger partial charge on any atom is -0.362 e. The number of rotatable bonds is 5. The van der Waals surface area contributed by atoms with E-state index in [4.69, 9.17) is 0 Å². The van der Waals surface area contributed by atoms with E-state index < -0.39 is 33.2 Å². The molecule has 0 N–H and O–H groups in total. The zero-order valence-corrected chi connectivity index (χ0v) is 17.9. The number of nitro groups is 2. The summed E-state index contributed by atoms with van der Waals surface area (Å²) in [5.74, 6) is -0.466. The number of hydrogen-bond acceptors (Lipinski definition) is 7. The number of halogens is 3. The van der Waals surface area contributed by atoms with Crippen LogP contribution in [0.2, 0.25) is 0 Å². The number of carbonyl (C=O) groups is 1. The fourth-order valence-corrected chi connectivity index (χ4v) is 3.87. The van der Waals surface area contributed by atoms with Crippen molar-refractivity contribution in [3.8, 4) is 5.69 Å². The van der Waals surface area contributed by atoms with Gasteiger partial charge in [-0.05, 0) is 24.3 Å². The van der Waals surface area contributed by atoms with Crippen molar-refractivity contribution in [2.24, 2.45) is 0 Å². The van der Waals surface area contributed by atoms with E-state index in [0.717, 1.165) is 12.1 Å². The lowest BCUT2D eigenvalue weighted by Crippen LogP contribution is -2.49. The molecule has 0 atom stereocenters. The average molecular weight is 490 g/mol. The first-order valence-corrected chi connectivity index (χ1v) is 10.2. The molecular formula is C21H17F3N6O5. The molecule has 0 bridgehead atoms. The second kappa shape index (κ2) is 9.04. The van der Waals surface area contributed by atoms with Crippen LogP contribution >= 0.6 is 0 Å². The Labute approximate surface area is 195 Å². The van der Waals surface area contributed by atoms with Crippen molar-refractivity contribution >= 4 is 23.0 Å². The summed E-state index contributed by atoms with van der Waals surface area (Å²) in [5.41, 5.74) is -1.73. The van der Waals surface area contributed by atoms with Crippen LogP contribution in [0.25, 0.3) is 5.69 Å². The van der Waals surface area contributed by atoms with Gasteiger partial charge >= 0.3 is 6.18 Å². The van der Waals surface area contributed by atoms with Crippen molar-refractivity contribution in [3.63, 3.8) is 0 Å². The van der Waals surface area contributed by atoms with E-state index in [-0.39, 0.29) is 48.8 Å². The summed E-state index contributed by atoms with van der Waals surface area (Å²) in [6, 6.07) is 6.39. The highest BCUT2D eigenvalue weighted by molar-refractivity contribution is 5.95. The summed E-state index contributed by atoms with van der Waals surface area (Å²) in [7, 11) is 0. The number of aromatic nitrogens is 2. The lowest BCUT2D eigenvalue weighted by atomic mass is 10.1. The number of piperazine rings is 1. The maximum Gasteiger partial charge on any atom is 0.416 e. The number of hydrogen-bond donors (Lipinski definition) is 0. The molecule has 0 aliphatic carbocycles. The predicted octanol–water partition coefficient (Wildman–Crippen LogP) is 3.67. The van der Waals surface area contributed by atoms with Gasteiger partial charge in [-0.2, -0.15) is 13.2 Å². The predicted molar refractivity (Wildman–Crippen MR) is 116 cm³/mol. The molecule has 1 aliphatic rings. The van der Waals surface area contributed by atoms with Crippen LogP contribution in [-0.4, -0.2) is 56.4 Å². The van der Waals surface area contributed by atoms with E-state index in [1.54, 1.807) is 0 Å². The fraction of sp³-hybridized carbons (Fsp3) is 0.238. The van der Waals surface area contributed by atoms with E-state index in [2.05, 4.69) is 4.98 Å². The van der Waals surface area contributed by atoms with Gasteiger partial charge in [0.05, 0.1) is 21.7 Å². The Balaban J connectivity index is 1.51. The Kier molecular flexibility index (Phi) is 6.11. The van der Waals surface area contributed by atoms with Crippen LogP contribution < -0.4 is 4.90 Å². The Morgan fingerprint density at radius 3 is 2.11 bits per heavy atom. The van der Waals surface area contributed by atoms with Gasteiger partial charge < -0.3 is 14.4 Å². The van der Waals surface area contributed by atoms with E-state index in [0.29, 0.717) is 6.07 Å². The lowest BCUT2D eigenvalue weighted by Gasteiger charge is -2.36. The first-order chi connectivity index (χ1) is 16.6. The summed E-state index contributed by atoms with van der Waals surface area (Å²) in [4.78, 5) is 41.3. The van der Waals surface area contributed by atoms with E-state index >= 15 is 0 Å². The molecule has 2 aromatic carbocycles. The number of benzene rings is 2. The molecule has 0 saturated carbocycles. The standard InChI is InChI=1S/C21H17F3N6O5/c22-21(23,24)15-2-4-16(19(12-15)30(34)35)26-7-9-27(10-8-26)20(31)14-1-3-17(18(11-14)29(32)33)28-6-5-25-13-28/h1-6,11-13H,7-10H2. The molecule has 3 aromatic rings. The van der Waals surface area contributed by atoms with Gasteiger partial charge in [0.2, 0.25) is 0 Å². The molecule has 4 rings (SSSR count). The van der Waals surface area contributed by atoms with Crippen molar-refractivity contribution in [1.29, 1.82) is 0 Å². The topological polar surface area (TPSA) is 128 Å². The van der Waals surface area contributed by atoms with Gasteiger partial charge in [-0.25, -0.2) is 4.98 Å². The quantitative estimate of drug-likeness (QED) is 0.394. The van der Waals surface area contributed by atoms with Crippen LogP contribution in [0.15, 0.2) is 55.1 Å². The summed E-state index contributed by atoms with van der Waals surface area (Å²) < 4.78 is 40.3. The first kappa shape index (κ1) is 23.7. The van der Waals surface area contributed by atoms with Gasteiger partial charge in [0.1, 0.15) is 11.4 Å². The van der Waals surface area contributed by atoms with Gasteiger partial charge in [-0.15, -0.1) is 0 Å². The third-order valence-electron chi connectivity index (χ3n) is 5.61. The van der Waals surface area contributed by atoms with E-state index in [1.807, 2.05) is 0 Å². The van der Waals surface area contributed by atoms with Gasteiger partial charge in [0, 0.05) is 56.3 Å². The van der Waals surface area contributed by atoms with Crippen molar-refractivity contribution in [3.05, 3.63) is 86.5 Å². The monoisotopic (exact) mass is 490 g/mol. The SMILES string of the molecule is O=C(c1ccc(-n2ccnc2)c([N+](=O)[O-])c1)N1CCN(c2ccc(C(F)(F)F)cc2[N+](=O)[O-])CC1. The summed E-state index contributed by atoms with van der Waals surface area (Å²) in [6.07, 6.45) is -0.333. The van der Waals surface area contributed by atoms with Crippen molar-refractivity contribution in [1.82, 2.24) is 14.5 Å². The Bertz CT molecular complexity index is 1290. The van der Waals surface area contributed by atoms with Crippen LogP contribution in [0.4, 0.5) is 30.2 Å². The molecule has 0 radical (unpaired) electrons. The average Bonchev–Trinajstić information content (AvgIpc) is 3.37. The number of nitrogens with zero attached hydrogens (tertiary/aromatic N) is 6. The number of anilines is 1. The normalized spacial score (nSPS) is 14.1. The highest BCUT2D eigenvalue weighted by atomic mass is 19.4. The molecule has 0 unspecified atom stereocenters. The molecule has 35 heavy (non-hydrogen) atoms. The molecule has 2 heterocycles. The highest BCUT2D eigenvalue weighted by Crippen LogP contribution is 2.37. The third-order valence-corrected chi connectivity index (χ3v) is 5.61. The van der Waals surface area contributed by atoms with Crippen LogP contribution in [0.5, 0.6) is 0 Å². The minimum absolute atomic E-state index is 0.0235. The largest absolute Gasteiger partial charge is 0.416 e. The number of nitro benzene ring substituents is 2. The van der Waals surface area contributed by atoms with Crippen LogP contribution in [0, 0.1) is 20.2 Å². The zero-order valence-electron chi connectivity index (χ0n) is 17.9. The molecule has 182 valence electrons. The van der Waals surface area contributed by atoms with Crippen LogP contribution in [0.3, 0.4) is 0 Å². The molecule has 14 heteroatoms. The molecule has 1 aliphatic heterocycles. The number of amides is 1. The minimum atomic E-state index is -4.72. The maximum absolute atomic E-state index is 13.0. The first-order valence-electron chi connectivity index (χ1n) is 10.2.